The highest BCUT2D eigenvalue weighted by molar-refractivity contribution is 5.46. The molecule has 1 atom stereocenters. The quantitative estimate of drug-likeness (QED) is 0.783. The second kappa shape index (κ2) is 5.96. The summed E-state index contributed by atoms with van der Waals surface area (Å²) in [6.45, 7) is 2.55. The first-order valence-corrected chi connectivity index (χ1v) is 6.56. The molecule has 0 spiro atoms. The summed E-state index contributed by atoms with van der Waals surface area (Å²) in [6, 6.07) is 0. The molecule has 0 fully saturated rings. The van der Waals surface area contributed by atoms with Gasteiger partial charge in [0.2, 0.25) is 0 Å². The van der Waals surface area contributed by atoms with Crippen molar-refractivity contribution < 1.29 is 5.11 Å². The van der Waals surface area contributed by atoms with Crippen molar-refractivity contribution in [2.75, 3.05) is 11.9 Å². The summed E-state index contributed by atoms with van der Waals surface area (Å²) in [6.07, 6.45) is 7.92. The molecule has 2 rings (SSSR count). The number of fused-ring (bicyclic) bond motifs is 1. The van der Waals surface area contributed by atoms with E-state index in [-0.39, 0.29) is 6.10 Å². The Balaban J connectivity index is 2.11. The molecule has 1 aliphatic carbocycles. The summed E-state index contributed by atoms with van der Waals surface area (Å²) in [4.78, 5) is 8.68. The van der Waals surface area contributed by atoms with Gasteiger partial charge < -0.3 is 10.4 Å². The van der Waals surface area contributed by atoms with Gasteiger partial charge in [-0.3, -0.25) is 0 Å². The topological polar surface area (TPSA) is 58.0 Å². The molecule has 1 heterocycles. The van der Waals surface area contributed by atoms with Gasteiger partial charge in [0, 0.05) is 17.8 Å². The first-order valence-electron chi connectivity index (χ1n) is 6.56. The van der Waals surface area contributed by atoms with Crippen molar-refractivity contribution >= 4 is 5.82 Å². The average molecular weight is 235 g/mol. The number of aryl methyl sites for hydroxylation is 1. The van der Waals surface area contributed by atoms with Crippen molar-refractivity contribution in [1.29, 1.82) is 0 Å². The highest BCUT2D eigenvalue weighted by Gasteiger charge is 2.14. The Morgan fingerprint density at radius 2 is 2.12 bits per heavy atom. The van der Waals surface area contributed by atoms with Gasteiger partial charge in [-0.15, -0.1) is 0 Å². The number of nitrogens with zero attached hydrogens (tertiary/aromatic N) is 2. The third-order valence-electron chi connectivity index (χ3n) is 3.35. The molecule has 0 bridgehead atoms. The fourth-order valence-corrected chi connectivity index (χ4v) is 2.21. The van der Waals surface area contributed by atoms with Crippen molar-refractivity contribution in [3.63, 3.8) is 0 Å². The van der Waals surface area contributed by atoms with Crippen LogP contribution in [0.2, 0.25) is 0 Å². The minimum Gasteiger partial charge on any atom is -0.391 e. The van der Waals surface area contributed by atoms with Crippen LogP contribution in [-0.4, -0.2) is 27.7 Å². The molecule has 1 aliphatic rings. The molecule has 0 amide bonds. The van der Waals surface area contributed by atoms with Crippen LogP contribution in [0.4, 0.5) is 5.82 Å². The van der Waals surface area contributed by atoms with Crippen molar-refractivity contribution in [3.8, 4) is 0 Å². The van der Waals surface area contributed by atoms with Gasteiger partial charge in [-0.2, -0.15) is 0 Å². The Morgan fingerprint density at radius 3 is 2.94 bits per heavy atom. The highest BCUT2D eigenvalue weighted by atomic mass is 16.3. The molecule has 4 nitrogen and oxygen atoms in total. The summed E-state index contributed by atoms with van der Waals surface area (Å²) in [7, 11) is 0. The van der Waals surface area contributed by atoms with Crippen LogP contribution in [0.5, 0.6) is 0 Å². The second-order valence-electron chi connectivity index (χ2n) is 4.65. The van der Waals surface area contributed by atoms with Gasteiger partial charge in [0.05, 0.1) is 6.10 Å². The van der Waals surface area contributed by atoms with Crippen LogP contribution in [0.3, 0.4) is 0 Å². The lowest BCUT2D eigenvalue weighted by Crippen LogP contribution is -2.20. The van der Waals surface area contributed by atoms with Crippen LogP contribution in [0.25, 0.3) is 0 Å². The van der Waals surface area contributed by atoms with E-state index >= 15 is 0 Å². The summed E-state index contributed by atoms with van der Waals surface area (Å²) in [5.74, 6) is 0.921. The van der Waals surface area contributed by atoms with E-state index in [9.17, 15) is 5.11 Å². The zero-order valence-electron chi connectivity index (χ0n) is 10.4. The van der Waals surface area contributed by atoms with Gasteiger partial charge in [0.25, 0.3) is 0 Å². The van der Waals surface area contributed by atoms with E-state index in [4.69, 9.17) is 0 Å². The minimum atomic E-state index is -0.300. The van der Waals surface area contributed by atoms with Crippen molar-refractivity contribution in [1.82, 2.24) is 9.97 Å². The first kappa shape index (κ1) is 12.3. The third-order valence-corrected chi connectivity index (χ3v) is 3.35. The van der Waals surface area contributed by atoms with E-state index in [1.54, 1.807) is 6.33 Å². The van der Waals surface area contributed by atoms with E-state index in [2.05, 4.69) is 15.3 Å². The summed E-state index contributed by atoms with van der Waals surface area (Å²) in [5.41, 5.74) is 2.44. The normalized spacial score (nSPS) is 17.1. The maximum atomic E-state index is 9.57. The van der Waals surface area contributed by atoms with E-state index in [1.807, 2.05) is 6.92 Å². The van der Waals surface area contributed by atoms with Crippen molar-refractivity contribution in [2.24, 2.45) is 0 Å². The summed E-state index contributed by atoms with van der Waals surface area (Å²) < 4.78 is 0. The van der Waals surface area contributed by atoms with E-state index < -0.39 is 0 Å². The number of aromatic nitrogens is 2. The molecule has 1 aromatic heterocycles. The van der Waals surface area contributed by atoms with E-state index in [0.717, 1.165) is 25.1 Å². The van der Waals surface area contributed by atoms with Gasteiger partial charge in [-0.05, 0) is 32.1 Å². The highest BCUT2D eigenvalue weighted by Crippen LogP contribution is 2.23. The van der Waals surface area contributed by atoms with Crippen molar-refractivity contribution in [3.05, 3.63) is 17.6 Å². The zero-order valence-corrected chi connectivity index (χ0v) is 10.4. The molecule has 94 valence electrons. The van der Waals surface area contributed by atoms with Crippen LogP contribution < -0.4 is 5.32 Å². The Kier molecular flexibility index (Phi) is 4.31. The van der Waals surface area contributed by atoms with Gasteiger partial charge in [-0.1, -0.05) is 13.3 Å². The molecule has 1 aromatic rings. The Morgan fingerprint density at radius 1 is 1.29 bits per heavy atom. The van der Waals surface area contributed by atoms with Crippen LogP contribution in [0.15, 0.2) is 6.33 Å². The predicted octanol–water partition coefficient (Wildman–Crippen LogP) is 1.93. The minimum absolute atomic E-state index is 0.300. The Labute approximate surface area is 102 Å². The molecular formula is C13H21N3O. The SMILES string of the molecule is CCC(O)CNc1ncnc2c1CCCCC2. The van der Waals surface area contributed by atoms with Crippen LogP contribution in [0, 0.1) is 0 Å². The predicted molar refractivity (Wildman–Crippen MR) is 68.1 cm³/mol. The fourth-order valence-electron chi connectivity index (χ4n) is 2.21. The van der Waals surface area contributed by atoms with Crippen molar-refractivity contribution in [2.45, 2.75) is 51.6 Å². The molecule has 1 unspecified atom stereocenters. The number of hydrogen-bond donors (Lipinski definition) is 2. The summed E-state index contributed by atoms with van der Waals surface area (Å²) in [5, 5.41) is 12.8. The molecule has 4 heteroatoms. The van der Waals surface area contributed by atoms with E-state index in [0.29, 0.717) is 6.54 Å². The van der Waals surface area contributed by atoms with Crippen LogP contribution in [-0.2, 0) is 12.8 Å². The number of hydrogen-bond acceptors (Lipinski definition) is 4. The molecule has 0 aliphatic heterocycles. The standard InChI is InChI=1S/C13H21N3O/c1-2-10(17)8-14-13-11-6-4-3-5-7-12(11)15-9-16-13/h9-10,17H,2-8H2,1H3,(H,14,15,16). The number of aliphatic hydroxyl groups is 1. The lowest BCUT2D eigenvalue weighted by atomic mass is 10.1. The monoisotopic (exact) mass is 235 g/mol. The number of nitrogens with one attached hydrogen (secondary N) is 1. The molecule has 0 radical (unpaired) electrons. The lowest BCUT2D eigenvalue weighted by Gasteiger charge is -2.14. The van der Waals surface area contributed by atoms with Gasteiger partial charge in [0.1, 0.15) is 12.1 Å². The average Bonchev–Trinajstić information content (AvgIpc) is 2.61. The first-order chi connectivity index (χ1) is 8.31. The maximum Gasteiger partial charge on any atom is 0.132 e. The lowest BCUT2D eigenvalue weighted by molar-refractivity contribution is 0.183. The number of rotatable bonds is 4. The largest absolute Gasteiger partial charge is 0.391 e. The summed E-state index contributed by atoms with van der Waals surface area (Å²) >= 11 is 0. The molecule has 0 saturated carbocycles. The maximum absolute atomic E-state index is 9.57. The number of aliphatic hydroxyl groups excluding tert-OH is 1. The molecule has 0 saturated heterocycles. The zero-order chi connectivity index (χ0) is 12.1. The Hall–Kier alpha value is -1.16. The molecular weight excluding hydrogens is 214 g/mol. The smallest absolute Gasteiger partial charge is 0.132 e. The van der Waals surface area contributed by atoms with Gasteiger partial charge >= 0.3 is 0 Å². The van der Waals surface area contributed by atoms with Gasteiger partial charge in [-0.25, -0.2) is 9.97 Å². The number of anilines is 1. The molecule has 17 heavy (non-hydrogen) atoms. The van der Waals surface area contributed by atoms with Crippen LogP contribution in [0.1, 0.15) is 43.9 Å². The molecule has 0 aromatic carbocycles. The Bertz CT molecular complexity index is 368. The molecule has 2 N–H and O–H groups in total. The fraction of sp³-hybridized carbons (Fsp3) is 0.692. The van der Waals surface area contributed by atoms with E-state index in [1.165, 1.54) is 30.5 Å². The van der Waals surface area contributed by atoms with Gasteiger partial charge in [0.15, 0.2) is 0 Å². The second-order valence-corrected chi connectivity index (χ2v) is 4.65. The van der Waals surface area contributed by atoms with Crippen LogP contribution >= 0.6 is 0 Å². The third kappa shape index (κ3) is 3.16.